The summed E-state index contributed by atoms with van der Waals surface area (Å²) in [7, 11) is 0. The second-order valence-corrected chi connectivity index (χ2v) is 4.94. The minimum absolute atomic E-state index is 0.181. The van der Waals surface area contributed by atoms with Gasteiger partial charge in [0.1, 0.15) is 5.82 Å². The number of carbonyl (C=O) groups excluding carboxylic acids is 1. The fraction of sp³-hybridized carbons (Fsp3) is 0.308. The molecule has 1 unspecified atom stereocenters. The molecule has 2 aromatic rings. The predicted molar refractivity (Wildman–Crippen MR) is 75.0 cm³/mol. The molecule has 2 amide bonds. The minimum Gasteiger partial charge on any atom is -0.338 e. The van der Waals surface area contributed by atoms with Crippen molar-refractivity contribution in [1.82, 2.24) is 20.2 Å². The zero-order valence-corrected chi connectivity index (χ0v) is 11.8. The molecule has 7 heteroatoms. The van der Waals surface area contributed by atoms with E-state index in [9.17, 15) is 9.18 Å². The van der Waals surface area contributed by atoms with Crippen molar-refractivity contribution >= 4 is 17.6 Å². The van der Waals surface area contributed by atoms with Gasteiger partial charge in [-0.2, -0.15) is 0 Å². The van der Waals surface area contributed by atoms with Gasteiger partial charge in [-0.1, -0.05) is 16.6 Å². The Kier molecular flexibility index (Phi) is 5.00. The first kappa shape index (κ1) is 14.4. The number of hydrogen-bond donors (Lipinski definition) is 2. The van der Waals surface area contributed by atoms with E-state index in [2.05, 4.69) is 20.2 Å². The Morgan fingerprint density at radius 3 is 2.80 bits per heavy atom. The standard InChI is InChI=1S/C13H15FN4OS/c1-9(12-8-20-18-17-12)16-13(19)15-7-6-10-2-4-11(14)5-3-10/h2-5,8-9H,6-7H2,1H3,(H2,15,16,19). The molecular formula is C13H15FN4OS. The van der Waals surface area contributed by atoms with Crippen LogP contribution < -0.4 is 10.6 Å². The average Bonchev–Trinajstić information content (AvgIpc) is 2.95. The Labute approximate surface area is 120 Å². The molecule has 0 radical (unpaired) electrons. The van der Waals surface area contributed by atoms with Gasteiger partial charge in [-0.3, -0.25) is 0 Å². The van der Waals surface area contributed by atoms with Crippen molar-refractivity contribution in [2.75, 3.05) is 6.54 Å². The number of aromatic nitrogens is 2. The highest BCUT2D eigenvalue weighted by Gasteiger charge is 2.11. The number of hydrogen-bond acceptors (Lipinski definition) is 4. The maximum absolute atomic E-state index is 12.7. The highest BCUT2D eigenvalue weighted by Crippen LogP contribution is 2.09. The second-order valence-electron chi connectivity index (χ2n) is 4.33. The predicted octanol–water partition coefficient (Wildman–Crippen LogP) is 2.28. The van der Waals surface area contributed by atoms with E-state index >= 15 is 0 Å². The molecule has 0 spiro atoms. The van der Waals surface area contributed by atoms with Crippen molar-refractivity contribution < 1.29 is 9.18 Å². The van der Waals surface area contributed by atoms with Crippen LogP contribution in [0.15, 0.2) is 29.6 Å². The van der Waals surface area contributed by atoms with Crippen molar-refractivity contribution in [3.63, 3.8) is 0 Å². The molecule has 1 atom stereocenters. The lowest BCUT2D eigenvalue weighted by atomic mass is 10.1. The Morgan fingerprint density at radius 2 is 2.15 bits per heavy atom. The van der Waals surface area contributed by atoms with Crippen molar-refractivity contribution in [3.8, 4) is 0 Å². The zero-order valence-electron chi connectivity index (χ0n) is 11.0. The smallest absolute Gasteiger partial charge is 0.315 e. The molecule has 106 valence electrons. The van der Waals surface area contributed by atoms with Gasteiger partial charge in [-0.15, -0.1) is 5.10 Å². The van der Waals surface area contributed by atoms with E-state index in [1.54, 1.807) is 17.5 Å². The summed E-state index contributed by atoms with van der Waals surface area (Å²) in [5.41, 5.74) is 1.71. The van der Waals surface area contributed by atoms with Crippen LogP contribution in [0.3, 0.4) is 0 Å². The highest BCUT2D eigenvalue weighted by atomic mass is 32.1. The van der Waals surface area contributed by atoms with Crippen LogP contribution in [-0.4, -0.2) is 22.2 Å². The quantitative estimate of drug-likeness (QED) is 0.889. The monoisotopic (exact) mass is 294 g/mol. The number of nitrogens with one attached hydrogen (secondary N) is 2. The summed E-state index contributed by atoms with van der Waals surface area (Å²) in [6.07, 6.45) is 0.653. The van der Waals surface area contributed by atoms with Crippen molar-refractivity contribution in [3.05, 3.63) is 46.7 Å². The molecule has 0 aliphatic carbocycles. The summed E-state index contributed by atoms with van der Waals surface area (Å²) in [5.74, 6) is -0.259. The van der Waals surface area contributed by atoms with E-state index in [-0.39, 0.29) is 17.9 Å². The lowest BCUT2D eigenvalue weighted by Gasteiger charge is -2.12. The second kappa shape index (κ2) is 6.95. The first-order valence-corrected chi connectivity index (χ1v) is 7.04. The lowest BCUT2D eigenvalue weighted by Crippen LogP contribution is -2.38. The van der Waals surface area contributed by atoms with Gasteiger partial charge in [0, 0.05) is 11.9 Å². The molecule has 1 heterocycles. The third-order valence-electron chi connectivity index (χ3n) is 2.78. The maximum Gasteiger partial charge on any atom is 0.315 e. The maximum atomic E-state index is 12.7. The van der Waals surface area contributed by atoms with Crippen LogP contribution in [0.4, 0.5) is 9.18 Å². The van der Waals surface area contributed by atoms with Crippen molar-refractivity contribution in [1.29, 1.82) is 0 Å². The molecule has 2 N–H and O–H groups in total. The zero-order chi connectivity index (χ0) is 14.4. The Bertz CT molecular complexity index is 544. The minimum atomic E-state index is -0.259. The van der Waals surface area contributed by atoms with E-state index in [1.807, 2.05) is 6.92 Å². The number of amides is 2. The van der Waals surface area contributed by atoms with Crippen LogP contribution in [0, 0.1) is 5.82 Å². The third kappa shape index (κ3) is 4.27. The SMILES string of the molecule is CC(NC(=O)NCCc1ccc(F)cc1)c1csnn1. The third-order valence-corrected chi connectivity index (χ3v) is 3.30. The molecule has 0 saturated heterocycles. The number of urea groups is 1. The van der Waals surface area contributed by atoms with Crippen LogP contribution in [0.1, 0.15) is 24.2 Å². The summed E-state index contributed by atoms with van der Waals surface area (Å²) in [6, 6.07) is 5.79. The van der Waals surface area contributed by atoms with Crippen LogP contribution >= 0.6 is 11.5 Å². The molecule has 2 rings (SSSR count). The molecule has 20 heavy (non-hydrogen) atoms. The highest BCUT2D eigenvalue weighted by molar-refractivity contribution is 7.03. The molecule has 0 saturated carbocycles. The fourth-order valence-corrected chi connectivity index (χ4v) is 2.20. The van der Waals surface area contributed by atoms with Gasteiger partial charge in [0.2, 0.25) is 0 Å². The lowest BCUT2D eigenvalue weighted by molar-refractivity contribution is 0.238. The van der Waals surface area contributed by atoms with E-state index < -0.39 is 0 Å². The normalized spacial score (nSPS) is 11.9. The summed E-state index contributed by atoms with van der Waals surface area (Å²) in [6.45, 7) is 2.33. The topological polar surface area (TPSA) is 66.9 Å². The number of rotatable bonds is 5. The van der Waals surface area contributed by atoms with Crippen LogP contribution in [-0.2, 0) is 6.42 Å². The van der Waals surface area contributed by atoms with Crippen LogP contribution in [0.25, 0.3) is 0 Å². The van der Waals surface area contributed by atoms with Gasteiger partial charge in [-0.05, 0) is 42.6 Å². The van der Waals surface area contributed by atoms with Gasteiger partial charge in [0.25, 0.3) is 0 Å². The molecular weight excluding hydrogens is 279 g/mol. The van der Waals surface area contributed by atoms with Crippen LogP contribution in [0.5, 0.6) is 0 Å². The molecule has 0 aliphatic heterocycles. The first-order valence-electron chi connectivity index (χ1n) is 6.21. The van der Waals surface area contributed by atoms with Gasteiger partial charge >= 0.3 is 6.03 Å². The first-order chi connectivity index (χ1) is 9.65. The molecule has 0 bridgehead atoms. The van der Waals surface area contributed by atoms with Gasteiger partial charge in [0.15, 0.2) is 0 Å². The van der Waals surface area contributed by atoms with E-state index in [1.165, 1.54) is 23.7 Å². The number of carbonyl (C=O) groups is 1. The number of halogens is 1. The number of benzene rings is 1. The summed E-state index contributed by atoms with van der Waals surface area (Å²) in [5, 5.41) is 11.2. The van der Waals surface area contributed by atoms with E-state index in [0.29, 0.717) is 13.0 Å². The van der Waals surface area contributed by atoms with Crippen LogP contribution in [0.2, 0.25) is 0 Å². The molecule has 0 aliphatic rings. The largest absolute Gasteiger partial charge is 0.338 e. The summed E-state index contributed by atoms with van der Waals surface area (Å²) >= 11 is 1.25. The number of nitrogens with zero attached hydrogens (tertiary/aromatic N) is 2. The van der Waals surface area contributed by atoms with Gasteiger partial charge in [0.05, 0.1) is 11.7 Å². The van der Waals surface area contributed by atoms with Crippen molar-refractivity contribution in [2.45, 2.75) is 19.4 Å². The summed E-state index contributed by atoms with van der Waals surface area (Å²) in [4.78, 5) is 11.7. The van der Waals surface area contributed by atoms with Crippen molar-refractivity contribution in [2.24, 2.45) is 0 Å². The molecule has 1 aromatic heterocycles. The summed E-state index contributed by atoms with van der Waals surface area (Å²) < 4.78 is 16.5. The Hall–Kier alpha value is -2.02. The molecule has 0 fully saturated rings. The average molecular weight is 294 g/mol. The fourth-order valence-electron chi connectivity index (χ4n) is 1.65. The van der Waals surface area contributed by atoms with E-state index in [4.69, 9.17) is 0 Å². The Balaban J connectivity index is 1.71. The Morgan fingerprint density at radius 1 is 1.40 bits per heavy atom. The molecule has 5 nitrogen and oxygen atoms in total. The van der Waals surface area contributed by atoms with Gasteiger partial charge in [-0.25, -0.2) is 9.18 Å². The molecule has 1 aromatic carbocycles. The van der Waals surface area contributed by atoms with Gasteiger partial charge < -0.3 is 10.6 Å². The van der Waals surface area contributed by atoms with E-state index in [0.717, 1.165) is 11.3 Å².